The van der Waals surface area contributed by atoms with Gasteiger partial charge in [0.05, 0.1) is 4.90 Å². The van der Waals surface area contributed by atoms with Crippen LogP contribution in [0.3, 0.4) is 0 Å². The lowest BCUT2D eigenvalue weighted by atomic mass is 10.1. The molecule has 5 nitrogen and oxygen atoms in total. The number of sulfonamides is 1. The Labute approximate surface area is 153 Å². The van der Waals surface area contributed by atoms with E-state index in [9.17, 15) is 17.6 Å². The Morgan fingerprint density at radius 1 is 1.00 bits per heavy atom. The molecular formula is C19H23FN2O3S. The molecule has 0 fully saturated rings. The maximum atomic E-state index is 13.5. The summed E-state index contributed by atoms with van der Waals surface area (Å²) in [5.41, 5.74) is 3.14. The number of hydrogen-bond donors (Lipinski definition) is 2. The molecule has 2 N–H and O–H groups in total. The van der Waals surface area contributed by atoms with E-state index in [0.717, 1.165) is 5.56 Å². The van der Waals surface area contributed by atoms with Crippen LogP contribution < -0.4 is 10.0 Å². The fourth-order valence-corrected chi connectivity index (χ4v) is 4.34. The van der Waals surface area contributed by atoms with Crippen LogP contribution in [0.5, 0.6) is 0 Å². The van der Waals surface area contributed by atoms with E-state index in [2.05, 4.69) is 10.0 Å². The average Bonchev–Trinajstić information content (AvgIpc) is 2.49. The first-order valence-electron chi connectivity index (χ1n) is 8.23. The first-order chi connectivity index (χ1) is 12.1. The van der Waals surface area contributed by atoms with Gasteiger partial charge in [0.2, 0.25) is 15.9 Å². The van der Waals surface area contributed by atoms with Gasteiger partial charge >= 0.3 is 0 Å². The predicted octanol–water partition coefficient (Wildman–Crippen LogP) is 3.37. The Morgan fingerprint density at radius 3 is 2.19 bits per heavy atom. The number of anilines is 1. The highest BCUT2D eigenvalue weighted by molar-refractivity contribution is 7.89. The highest BCUT2D eigenvalue weighted by Gasteiger charge is 2.19. The maximum Gasteiger partial charge on any atom is 0.241 e. The molecule has 0 aliphatic rings. The lowest BCUT2D eigenvalue weighted by molar-refractivity contribution is -0.116. The van der Waals surface area contributed by atoms with E-state index >= 15 is 0 Å². The first-order valence-corrected chi connectivity index (χ1v) is 9.72. The molecule has 2 aromatic carbocycles. The third-order valence-electron chi connectivity index (χ3n) is 3.97. The third kappa shape index (κ3) is 4.89. The van der Waals surface area contributed by atoms with Crippen LogP contribution in [0.15, 0.2) is 35.2 Å². The molecule has 0 radical (unpaired) electrons. The summed E-state index contributed by atoms with van der Waals surface area (Å²) in [6.07, 6.45) is -0.0569. The molecule has 0 aromatic heterocycles. The third-order valence-corrected chi connectivity index (χ3v) is 5.74. The van der Waals surface area contributed by atoms with Gasteiger partial charge in [-0.2, -0.15) is 0 Å². The lowest BCUT2D eigenvalue weighted by Gasteiger charge is -2.13. The molecular weight excluding hydrogens is 355 g/mol. The second kappa shape index (κ2) is 7.97. The van der Waals surface area contributed by atoms with Crippen molar-refractivity contribution in [1.29, 1.82) is 0 Å². The molecule has 2 rings (SSSR count). The average molecular weight is 378 g/mol. The monoisotopic (exact) mass is 378 g/mol. The second-order valence-corrected chi connectivity index (χ2v) is 8.09. The van der Waals surface area contributed by atoms with Crippen LogP contribution >= 0.6 is 0 Å². The van der Waals surface area contributed by atoms with E-state index in [0.29, 0.717) is 22.4 Å². The smallest absolute Gasteiger partial charge is 0.241 e. The molecule has 0 unspecified atom stereocenters. The highest BCUT2D eigenvalue weighted by atomic mass is 32.2. The predicted molar refractivity (Wildman–Crippen MR) is 100 cm³/mol. The van der Waals surface area contributed by atoms with Crippen molar-refractivity contribution in [1.82, 2.24) is 4.72 Å². The molecule has 0 spiro atoms. The van der Waals surface area contributed by atoms with Crippen LogP contribution in [0.4, 0.5) is 10.1 Å². The van der Waals surface area contributed by atoms with Gasteiger partial charge in [0.1, 0.15) is 5.82 Å². The molecule has 2 aromatic rings. The van der Waals surface area contributed by atoms with Gasteiger partial charge in [0, 0.05) is 18.7 Å². The molecule has 0 aliphatic carbocycles. The van der Waals surface area contributed by atoms with Crippen molar-refractivity contribution in [2.75, 3.05) is 11.9 Å². The first kappa shape index (κ1) is 20.1. The molecule has 0 atom stereocenters. The van der Waals surface area contributed by atoms with Gasteiger partial charge in [0.25, 0.3) is 0 Å². The van der Waals surface area contributed by atoms with E-state index < -0.39 is 21.7 Å². The van der Waals surface area contributed by atoms with Gasteiger partial charge in [-0.15, -0.1) is 0 Å². The van der Waals surface area contributed by atoms with Gasteiger partial charge in [-0.25, -0.2) is 17.5 Å². The maximum absolute atomic E-state index is 13.5. The Kier molecular flexibility index (Phi) is 6.15. The molecule has 26 heavy (non-hydrogen) atoms. The molecule has 0 aliphatic heterocycles. The minimum Gasteiger partial charge on any atom is -0.326 e. The Bertz CT molecular complexity index is 917. The number of benzene rings is 2. The Balaban J connectivity index is 1.98. The molecule has 0 saturated carbocycles. The Hall–Kier alpha value is -2.25. The molecule has 7 heteroatoms. The van der Waals surface area contributed by atoms with E-state index in [-0.39, 0.29) is 17.9 Å². The van der Waals surface area contributed by atoms with Gasteiger partial charge < -0.3 is 5.32 Å². The summed E-state index contributed by atoms with van der Waals surface area (Å²) in [5, 5.41) is 2.55. The topological polar surface area (TPSA) is 75.3 Å². The Morgan fingerprint density at radius 2 is 1.62 bits per heavy atom. The summed E-state index contributed by atoms with van der Waals surface area (Å²) >= 11 is 0. The van der Waals surface area contributed by atoms with Crippen LogP contribution in [-0.4, -0.2) is 20.9 Å². The van der Waals surface area contributed by atoms with Gasteiger partial charge in [-0.1, -0.05) is 23.8 Å². The van der Waals surface area contributed by atoms with Crippen molar-refractivity contribution < 1.29 is 17.6 Å². The number of hydrogen-bond acceptors (Lipinski definition) is 3. The van der Waals surface area contributed by atoms with Crippen molar-refractivity contribution in [2.24, 2.45) is 0 Å². The van der Waals surface area contributed by atoms with E-state index in [1.165, 1.54) is 6.07 Å². The largest absolute Gasteiger partial charge is 0.326 e. The van der Waals surface area contributed by atoms with Crippen molar-refractivity contribution in [2.45, 2.75) is 39.0 Å². The van der Waals surface area contributed by atoms with E-state index in [1.54, 1.807) is 45.0 Å². The normalized spacial score (nSPS) is 11.4. The molecule has 0 heterocycles. The number of aryl methyl sites for hydroxylation is 4. The van der Waals surface area contributed by atoms with Crippen molar-refractivity contribution >= 4 is 21.6 Å². The van der Waals surface area contributed by atoms with E-state index in [1.807, 2.05) is 6.92 Å². The number of halogens is 1. The van der Waals surface area contributed by atoms with Crippen LogP contribution in [0.1, 0.15) is 28.7 Å². The van der Waals surface area contributed by atoms with Gasteiger partial charge in [0.15, 0.2) is 0 Å². The molecule has 0 bridgehead atoms. The highest BCUT2D eigenvalue weighted by Crippen LogP contribution is 2.21. The number of rotatable bonds is 6. The second-order valence-electron chi connectivity index (χ2n) is 6.39. The standard InChI is InChI=1S/C19H23FN2O3S/c1-12-9-14(3)19(15(4)10-12)26(24,25)21-8-7-18(23)22-16-6-5-13(2)17(20)11-16/h5-6,9-11,21H,7-8H2,1-4H3,(H,22,23). The summed E-state index contributed by atoms with van der Waals surface area (Å²) in [5.74, 6) is -0.804. The summed E-state index contributed by atoms with van der Waals surface area (Å²) in [6.45, 7) is 6.97. The van der Waals surface area contributed by atoms with Gasteiger partial charge in [-0.05, 0) is 56.5 Å². The number of carbonyl (C=O) groups excluding carboxylic acids is 1. The minimum absolute atomic E-state index is 0.0464. The van der Waals surface area contributed by atoms with E-state index in [4.69, 9.17) is 0 Å². The minimum atomic E-state index is -3.71. The van der Waals surface area contributed by atoms with Crippen LogP contribution in [0, 0.1) is 33.5 Å². The zero-order chi connectivity index (χ0) is 19.5. The van der Waals surface area contributed by atoms with Crippen molar-refractivity contribution in [3.8, 4) is 0 Å². The summed E-state index contributed by atoms with van der Waals surface area (Å²) < 4.78 is 41.0. The van der Waals surface area contributed by atoms with Crippen LogP contribution in [0.2, 0.25) is 0 Å². The molecule has 140 valence electrons. The zero-order valence-corrected chi connectivity index (χ0v) is 16.1. The van der Waals surface area contributed by atoms with Crippen molar-refractivity contribution in [3.63, 3.8) is 0 Å². The summed E-state index contributed by atoms with van der Waals surface area (Å²) in [7, 11) is -3.71. The fourth-order valence-electron chi connectivity index (χ4n) is 2.86. The number of amides is 1. The van der Waals surface area contributed by atoms with Crippen molar-refractivity contribution in [3.05, 3.63) is 58.4 Å². The number of carbonyl (C=O) groups is 1. The summed E-state index contributed by atoms with van der Waals surface area (Å²) in [4.78, 5) is 12.2. The lowest BCUT2D eigenvalue weighted by Crippen LogP contribution is -2.29. The fraction of sp³-hybridized carbons (Fsp3) is 0.316. The SMILES string of the molecule is Cc1cc(C)c(S(=O)(=O)NCCC(=O)Nc2ccc(C)c(F)c2)c(C)c1. The van der Waals surface area contributed by atoms with Crippen LogP contribution in [0.25, 0.3) is 0 Å². The zero-order valence-electron chi connectivity index (χ0n) is 15.3. The molecule has 1 amide bonds. The number of nitrogens with one attached hydrogen (secondary N) is 2. The summed E-state index contributed by atoms with van der Waals surface area (Å²) in [6, 6.07) is 8.01. The molecule has 0 saturated heterocycles. The van der Waals surface area contributed by atoms with Crippen LogP contribution in [-0.2, 0) is 14.8 Å². The quantitative estimate of drug-likeness (QED) is 0.809. The van der Waals surface area contributed by atoms with Gasteiger partial charge in [-0.3, -0.25) is 4.79 Å².